The number of benzene rings is 1. The third kappa shape index (κ3) is 3.27. The zero-order valence-corrected chi connectivity index (χ0v) is 17.0. The van der Waals surface area contributed by atoms with E-state index in [1.807, 2.05) is 6.07 Å². The van der Waals surface area contributed by atoms with Crippen LogP contribution in [0.2, 0.25) is 0 Å². The van der Waals surface area contributed by atoms with Gasteiger partial charge >= 0.3 is 0 Å². The van der Waals surface area contributed by atoms with Crippen molar-refractivity contribution in [2.75, 3.05) is 45.1 Å². The molecule has 158 valence electrons. The first-order valence-corrected chi connectivity index (χ1v) is 10.1. The lowest BCUT2D eigenvalue weighted by atomic mass is 10.1. The smallest absolute Gasteiger partial charge is 0.291 e. The van der Waals surface area contributed by atoms with E-state index in [0.29, 0.717) is 61.1 Å². The predicted octanol–water partition coefficient (Wildman–Crippen LogP) is 1.17. The van der Waals surface area contributed by atoms with E-state index in [0.717, 1.165) is 0 Å². The Bertz CT molecular complexity index is 1110. The highest BCUT2D eigenvalue weighted by molar-refractivity contribution is 6.02. The van der Waals surface area contributed by atoms with Gasteiger partial charge in [-0.15, -0.1) is 0 Å². The van der Waals surface area contributed by atoms with Gasteiger partial charge in [-0.3, -0.25) is 19.4 Å². The topological polar surface area (TPSA) is 95.1 Å². The summed E-state index contributed by atoms with van der Waals surface area (Å²) in [4.78, 5) is 47.2. The molecular weight excluding hydrogens is 398 g/mol. The van der Waals surface area contributed by atoms with E-state index in [1.54, 1.807) is 58.3 Å². The molecule has 5 rings (SSSR count). The second kappa shape index (κ2) is 7.42. The lowest BCUT2D eigenvalue weighted by Gasteiger charge is -2.35. The zero-order chi connectivity index (χ0) is 21.5. The maximum Gasteiger partial charge on any atom is 0.291 e. The summed E-state index contributed by atoms with van der Waals surface area (Å²) in [6, 6.07) is 10.5. The third-order valence-electron chi connectivity index (χ3n) is 5.68. The Morgan fingerprint density at radius 3 is 2.45 bits per heavy atom. The number of pyridine rings is 1. The first-order chi connectivity index (χ1) is 15.0. The van der Waals surface area contributed by atoms with E-state index >= 15 is 0 Å². The SMILES string of the molecule is CN1CC2=C(Oc3c(cccc3C(=O)N3CCN(C(=O)c4ccccn4)CC3)N2)C1=O. The van der Waals surface area contributed by atoms with Gasteiger partial charge in [0.15, 0.2) is 5.75 Å². The summed E-state index contributed by atoms with van der Waals surface area (Å²) in [7, 11) is 1.70. The zero-order valence-electron chi connectivity index (χ0n) is 17.0. The summed E-state index contributed by atoms with van der Waals surface area (Å²) >= 11 is 0. The van der Waals surface area contributed by atoms with Crippen LogP contribution in [0, 0.1) is 0 Å². The quantitative estimate of drug-likeness (QED) is 0.785. The molecule has 3 aliphatic heterocycles. The van der Waals surface area contributed by atoms with Gasteiger partial charge in [-0.05, 0) is 24.3 Å². The summed E-state index contributed by atoms with van der Waals surface area (Å²) in [6.07, 6.45) is 1.59. The van der Waals surface area contributed by atoms with Crippen molar-refractivity contribution >= 4 is 23.4 Å². The molecule has 9 nitrogen and oxygen atoms in total. The Morgan fingerprint density at radius 2 is 1.74 bits per heavy atom. The van der Waals surface area contributed by atoms with Crippen molar-refractivity contribution in [1.29, 1.82) is 0 Å². The number of ether oxygens (including phenoxy) is 1. The molecule has 1 aromatic carbocycles. The predicted molar refractivity (Wildman–Crippen MR) is 111 cm³/mol. The second-order valence-corrected chi connectivity index (χ2v) is 7.68. The third-order valence-corrected chi connectivity index (χ3v) is 5.68. The monoisotopic (exact) mass is 419 g/mol. The van der Waals surface area contributed by atoms with E-state index < -0.39 is 0 Å². The van der Waals surface area contributed by atoms with Gasteiger partial charge in [-0.25, -0.2) is 0 Å². The van der Waals surface area contributed by atoms with Gasteiger partial charge in [-0.2, -0.15) is 0 Å². The molecule has 0 atom stereocenters. The number of likely N-dealkylation sites (N-methyl/N-ethyl adjacent to an activating group) is 1. The lowest BCUT2D eigenvalue weighted by molar-refractivity contribution is -0.126. The average molecular weight is 419 g/mol. The molecule has 1 fully saturated rings. The van der Waals surface area contributed by atoms with E-state index in [9.17, 15) is 14.4 Å². The van der Waals surface area contributed by atoms with Crippen LogP contribution in [0.25, 0.3) is 0 Å². The van der Waals surface area contributed by atoms with Crippen molar-refractivity contribution in [3.8, 4) is 5.75 Å². The molecule has 9 heteroatoms. The van der Waals surface area contributed by atoms with Crippen LogP contribution in [-0.2, 0) is 4.79 Å². The van der Waals surface area contributed by atoms with Crippen molar-refractivity contribution < 1.29 is 19.1 Å². The highest BCUT2D eigenvalue weighted by Gasteiger charge is 2.36. The van der Waals surface area contributed by atoms with Crippen molar-refractivity contribution in [1.82, 2.24) is 19.7 Å². The molecule has 1 N–H and O–H groups in total. The number of hydrogen-bond acceptors (Lipinski definition) is 6. The van der Waals surface area contributed by atoms with Crippen LogP contribution in [0.4, 0.5) is 5.69 Å². The molecule has 1 saturated heterocycles. The summed E-state index contributed by atoms with van der Waals surface area (Å²) in [5, 5.41) is 3.22. The number of carbonyl (C=O) groups is 3. The molecule has 0 saturated carbocycles. The van der Waals surface area contributed by atoms with Gasteiger partial charge in [0.05, 0.1) is 23.5 Å². The molecule has 3 amide bonds. The van der Waals surface area contributed by atoms with Crippen LogP contribution in [0.3, 0.4) is 0 Å². The second-order valence-electron chi connectivity index (χ2n) is 7.68. The molecule has 0 unspecified atom stereocenters. The standard InChI is InChI=1S/C22H21N5O4/c1-25-13-17-19(22(25)30)31-18-14(5-4-7-15(18)24-17)20(28)26-9-11-27(12-10-26)21(29)16-6-2-3-8-23-16/h2-8,24H,9-13H2,1H3. The fourth-order valence-electron chi connectivity index (χ4n) is 4.00. The molecule has 4 heterocycles. The van der Waals surface area contributed by atoms with Crippen LogP contribution in [0.15, 0.2) is 54.1 Å². The molecule has 31 heavy (non-hydrogen) atoms. The van der Waals surface area contributed by atoms with Gasteiger partial charge in [0, 0.05) is 39.4 Å². The first kappa shape index (κ1) is 19.1. The number of amides is 3. The van der Waals surface area contributed by atoms with Crippen LogP contribution >= 0.6 is 0 Å². The van der Waals surface area contributed by atoms with Crippen LogP contribution in [-0.4, -0.2) is 77.2 Å². The Balaban J connectivity index is 1.30. The maximum absolute atomic E-state index is 13.2. The number of nitrogens with one attached hydrogen (secondary N) is 1. The number of hydrogen-bond donors (Lipinski definition) is 1. The van der Waals surface area contributed by atoms with Gasteiger partial charge in [-0.1, -0.05) is 12.1 Å². The minimum absolute atomic E-state index is 0.138. The van der Waals surface area contributed by atoms with Crippen molar-refractivity contribution in [3.63, 3.8) is 0 Å². The largest absolute Gasteiger partial charge is 0.447 e. The summed E-state index contributed by atoms with van der Waals surface area (Å²) < 4.78 is 5.90. The molecule has 0 aliphatic carbocycles. The van der Waals surface area contributed by atoms with Gasteiger partial charge in [0.25, 0.3) is 17.7 Å². The molecule has 0 radical (unpaired) electrons. The molecular formula is C22H21N5O4. The molecule has 2 aromatic rings. The molecule has 1 aromatic heterocycles. The maximum atomic E-state index is 13.2. The first-order valence-electron chi connectivity index (χ1n) is 10.1. The number of nitrogens with zero attached hydrogens (tertiary/aromatic N) is 4. The number of carbonyl (C=O) groups excluding carboxylic acids is 3. The van der Waals surface area contributed by atoms with Crippen LogP contribution < -0.4 is 10.1 Å². The number of piperazine rings is 1. The number of rotatable bonds is 2. The Morgan fingerprint density at radius 1 is 1.00 bits per heavy atom. The number of aromatic nitrogens is 1. The number of para-hydroxylation sites is 1. The highest BCUT2D eigenvalue weighted by atomic mass is 16.5. The fraction of sp³-hybridized carbons (Fsp3) is 0.273. The van der Waals surface area contributed by atoms with E-state index in [1.165, 1.54) is 0 Å². The van der Waals surface area contributed by atoms with Crippen molar-refractivity contribution in [2.24, 2.45) is 0 Å². The summed E-state index contributed by atoms with van der Waals surface area (Å²) in [5.41, 5.74) is 2.15. The highest BCUT2D eigenvalue weighted by Crippen LogP contribution is 2.38. The van der Waals surface area contributed by atoms with E-state index in [2.05, 4.69) is 10.3 Å². The normalized spacial score (nSPS) is 17.7. The number of anilines is 1. The number of fused-ring (bicyclic) bond motifs is 1. The molecule has 3 aliphatic rings. The molecule has 0 bridgehead atoms. The van der Waals surface area contributed by atoms with Crippen molar-refractivity contribution in [3.05, 3.63) is 65.3 Å². The summed E-state index contributed by atoms with van der Waals surface area (Å²) in [6.45, 7) is 2.11. The van der Waals surface area contributed by atoms with Gasteiger partial charge < -0.3 is 24.8 Å². The van der Waals surface area contributed by atoms with Crippen molar-refractivity contribution in [2.45, 2.75) is 0 Å². The van der Waals surface area contributed by atoms with E-state index in [4.69, 9.17) is 4.74 Å². The Hall–Kier alpha value is -3.88. The minimum atomic E-state index is -0.211. The van der Waals surface area contributed by atoms with Crippen LogP contribution in [0.1, 0.15) is 20.8 Å². The molecule has 0 spiro atoms. The van der Waals surface area contributed by atoms with Crippen LogP contribution in [0.5, 0.6) is 5.75 Å². The minimum Gasteiger partial charge on any atom is -0.447 e. The fourth-order valence-corrected chi connectivity index (χ4v) is 4.00. The Labute approximate surface area is 178 Å². The lowest BCUT2D eigenvalue weighted by Crippen LogP contribution is -2.50. The average Bonchev–Trinajstić information content (AvgIpc) is 3.09. The summed E-state index contributed by atoms with van der Waals surface area (Å²) in [5.74, 6) is 0.0621. The van der Waals surface area contributed by atoms with Gasteiger partial charge in [0.2, 0.25) is 5.76 Å². The van der Waals surface area contributed by atoms with E-state index in [-0.39, 0.29) is 23.5 Å². The van der Waals surface area contributed by atoms with Gasteiger partial charge in [0.1, 0.15) is 5.69 Å². The Kier molecular flexibility index (Phi) is 4.58.